The van der Waals surface area contributed by atoms with Crippen LogP contribution in [0.2, 0.25) is 0 Å². The van der Waals surface area contributed by atoms with Crippen molar-refractivity contribution in [2.24, 2.45) is 5.73 Å². The van der Waals surface area contributed by atoms with Crippen molar-refractivity contribution in [3.8, 4) is 0 Å². The maximum Gasteiger partial charge on any atom is 0.181 e. The molecule has 2 heterocycles. The molecule has 0 radical (unpaired) electrons. The predicted octanol–water partition coefficient (Wildman–Crippen LogP) is 1.42. The number of nitrogens with two attached hydrogens (primary N) is 1. The third-order valence-electron chi connectivity index (χ3n) is 2.81. The topological polar surface area (TPSA) is 61.3 Å². The minimum atomic E-state index is 0.272. The van der Waals surface area contributed by atoms with Gasteiger partial charge < -0.3 is 14.9 Å². The highest BCUT2D eigenvalue weighted by molar-refractivity contribution is 5.15. The normalized spacial score (nSPS) is 27.0. The fraction of sp³-hybridized carbons (Fsp3) is 0.700. The molecule has 0 spiro atoms. The molecule has 1 aliphatic heterocycles. The molecule has 2 unspecified atom stereocenters. The zero-order valence-corrected chi connectivity index (χ0v) is 8.40. The molecule has 0 bridgehead atoms. The Morgan fingerprint density at radius 1 is 1.64 bits per heavy atom. The lowest BCUT2D eigenvalue weighted by atomic mass is 9.95. The molecule has 1 fully saturated rings. The summed E-state index contributed by atoms with van der Waals surface area (Å²) in [6, 6.07) is 0. The molecule has 1 aromatic rings. The molecule has 1 aromatic heterocycles. The number of hydrogen-bond acceptors (Lipinski definition) is 4. The molecule has 0 aliphatic carbocycles. The van der Waals surface area contributed by atoms with E-state index in [4.69, 9.17) is 14.9 Å². The Balaban J connectivity index is 2.21. The standard InChI is InChI=1S/C10H16N2O2/c1-2-9-7(3-4-13-9)10-8(5-11)12-6-14-10/h6-7,9H,2-5,11H2,1H3. The van der Waals surface area contributed by atoms with Gasteiger partial charge in [-0.15, -0.1) is 0 Å². The van der Waals surface area contributed by atoms with Gasteiger partial charge in [-0.3, -0.25) is 0 Å². The first-order chi connectivity index (χ1) is 6.86. The molecular formula is C10H16N2O2. The molecule has 1 saturated heterocycles. The van der Waals surface area contributed by atoms with Crippen LogP contribution in [0.4, 0.5) is 0 Å². The molecule has 0 saturated carbocycles. The van der Waals surface area contributed by atoms with E-state index in [-0.39, 0.29) is 6.10 Å². The number of nitrogens with zero attached hydrogens (tertiary/aromatic N) is 1. The molecule has 4 heteroatoms. The number of oxazole rings is 1. The zero-order valence-electron chi connectivity index (χ0n) is 8.40. The quantitative estimate of drug-likeness (QED) is 0.794. The van der Waals surface area contributed by atoms with Gasteiger partial charge in [-0.2, -0.15) is 0 Å². The molecule has 2 rings (SSSR count). The molecule has 1 aliphatic rings. The van der Waals surface area contributed by atoms with Gasteiger partial charge >= 0.3 is 0 Å². The van der Waals surface area contributed by atoms with Gasteiger partial charge in [0.2, 0.25) is 0 Å². The lowest BCUT2D eigenvalue weighted by Gasteiger charge is -2.14. The van der Waals surface area contributed by atoms with E-state index in [1.807, 2.05) is 0 Å². The highest BCUT2D eigenvalue weighted by atomic mass is 16.5. The van der Waals surface area contributed by atoms with Crippen LogP contribution in [0.3, 0.4) is 0 Å². The van der Waals surface area contributed by atoms with Crippen molar-refractivity contribution in [1.29, 1.82) is 0 Å². The maximum atomic E-state index is 5.61. The van der Waals surface area contributed by atoms with Crippen molar-refractivity contribution < 1.29 is 9.15 Å². The summed E-state index contributed by atoms with van der Waals surface area (Å²) in [4.78, 5) is 4.10. The van der Waals surface area contributed by atoms with Crippen LogP contribution in [0.25, 0.3) is 0 Å². The van der Waals surface area contributed by atoms with Crippen LogP contribution in [-0.2, 0) is 11.3 Å². The summed E-state index contributed by atoms with van der Waals surface area (Å²) >= 11 is 0. The number of rotatable bonds is 3. The molecule has 78 valence electrons. The second kappa shape index (κ2) is 4.11. The van der Waals surface area contributed by atoms with Gasteiger partial charge in [-0.1, -0.05) is 6.92 Å². The van der Waals surface area contributed by atoms with Gasteiger partial charge in [0.05, 0.1) is 11.8 Å². The van der Waals surface area contributed by atoms with Crippen molar-refractivity contribution in [1.82, 2.24) is 4.98 Å². The first kappa shape index (κ1) is 9.68. The van der Waals surface area contributed by atoms with Crippen LogP contribution < -0.4 is 5.73 Å². The molecule has 0 amide bonds. The van der Waals surface area contributed by atoms with Crippen LogP contribution >= 0.6 is 0 Å². The van der Waals surface area contributed by atoms with Gasteiger partial charge in [-0.05, 0) is 12.8 Å². The average Bonchev–Trinajstić information content (AvgIpc) is 2.85. The summed E-state index contributed by atoms with van der Waals surface area (Å²) in [6.07, 6.45) is 3.77. The summed E-state index contributed by atoms with van der Waals surface area (Å²) in [5, 5.41) is 0. The van der Waals surface area contributed by atoms with E-state index in [1.54, 1.807) is 0 Å². The predicted molar refractivity (Wildman–Crippen MR) is 51.8 cm³/mol. The number of hydrogen-bond donors (Lipinski definition) is 1. The second-order valence-electron chi connectivity index (χ2n) is 3.58. The number of ether oxygens (including phenoxy) is 1. The highest BCUT2D eigenvalue weighted by Crippen LogP contribution is 2.34. The average molecular weight is 196 g/mol. The highest BCUT2D eigenvalue weighted by Gasteiger charge is 2.32. The van der Waals surface area contributed by atoms with Gasteiger partial charge in [0, 0.05) is 19.1 Å². The van der Waals surface area contributed by atoms with E-state index in [0.717, 1.165) is 30.9 Å². The minimum absolute atomic E-state index is 0.272. The molecule has 2 atom stereocenters. The first-order valence-corrected chi connectivity index (χ1v) is 5.10. The Morgan fingerprint density at radius 3 is 3.21 bits per heavy atom. The van der Waals surface area contributed by atoms with E-state index in [9.17, 15) is 0 Å². The van der Waals surface area contributed by atoms with Crippen LogP contribution in [-0.4, -0.2) is 17.7 Å². The molecular weight excluding hydrogens is 180 g/mol. The van der Waals surface area contributed by atoms with Gasteiger partial charge in [0.1, 0.15) is 5.76 Å². The largest absolute Gasteiger partial charge is 0.448 e. The molecule has 4 nitrogen and oxygen atoms in total. The Kier molecular flexibility index (Phi) is 2.84. The van der Waals surface area contributed by atoms with E-state index < -0.39 is 0 Å². The zero-order chi connectivity index (χ0) is 9.97. The SMILES string of the molecule is CCC1OCCC1c1ocnc1CN. The third kappa shape index (κ3) is 1.55. The van der Waals surface area contributed by atoms with Gasteiger partial charge in [0.25, 0.3) is 0 Å². The monoisotopic (exact) mass is 196 g/mol. The lowest BCUT2D eigenvalue weighted by molar-refractivity contribution is 0.0972. The fourth-order valence-corrected chi connectivity index (χ4v) is 2.08. The van der Waals surface area contributed by atoms with E-state index in [0.29, 0.717) is 12.5 Å². The van der Waals surface area contributed by atoms with Gasteiger partial charge in [-0.25, -0.2) is 4.98 Å². The van der Waals surface area contributed by atoms with Gasteiger partial charge in [0.15, 0.2) is 6.39 Å². The maximum absolute atomic E-state index is 5.61. The smallest absolute Gasteiger partial charge is 0.181 e. The van der Waals surface area contributed by atoms with E-state index >= 15 is 0 Å². The Morgan fingerprint density at radius 2 is 2.50 bits per heavy atom. The van der Waals surface area contributed by atoms with Crippen molar-refractivity contribution >= 4 is 0 Å². The van der Waals surface area contributed by atoms with Crippen LogP contribution in [0.15, 0.2) is 10.8 Å². The number of aromatic nitrogens is 1. The second-order valence-corrected chi connectivity index (χ2v) is 3.58. The Bertz CT molecular complexity index is 298. The van der Waals surface area contributed by atoms with Crippen molar-refractivity contribution in [3.05, 3.63) is 17.8 Å². The van der Waals surface area contributed by atoms with Crippen LogP contribution in [0.1, 0.15) is 37.1 Å². The van der Waals surface area contributed by atoms with Crippen molar-refractivity contribution in [3.63, 3.8) is 0 Å². The fourth-order valence-electron chi connectivity index (χ4n) is 2.08. The molecule has 0 aromatic carbocycles. The summed E-state index contributed by atoms with van der Waals surface area (Å²) in [6.45, 7) is 3.38. The van der Waals surface area contributed by atoms with Crippen LogP contribution in [0, 0.1) is 0 Å². The third-order valence-corrected chi connectivity index (χ3v) is 2.81. The van der Waals surface area contributed by atoms with Crippen molar-refractivity contribution in [2.45, 2.75) is 38.3 Å². The summed E-state index contributed by atoms with van der Waals surface area (Å²) in [5.41, 5.74) is 6.46. The van der Waals surface area contributed by atoms with Crippen LogP contribution in [0.5, 0.6) is 0 Å². The molecule has 2 N–H and O–H groups in total. The van der Waals surface area contributed by atoms with Crippen molar-refractivity contribution in [2.75, 3.05) is 6.61 Å². The Labute approximate surface area is 83.4 Å². The lowest BCUT2D eigenvalue weighted by Crippen LogP contribution is -2.14. The summed E-state index contributed by atoms with van der Waals surface area (Å²) < 4.78 is 11.0. The minimum Gasteiger partial charge on any atom is -0.448 e. The molecule has 14 heavy (non-hydrogen) atoms. The summed E-state index contributed by atoms with van der Waals surface area (Å²) in [5.74, 6) is 1.28. The summed E-state index contributed by atoms with van der Waals surface area (Å²) in [7, 11) is 0. The first-order valence-electron chi connectivity index (χ1n) is 5.10. The Hall–Kier alpha value is -0.870. The van der Waals surface area contributed by atoms with E-state index in [1.165, 1.54) is 6.39 Å². The van der Waals surface area contributed by atoms with E-state index in [2.05, 4.69) is 11.9 Å².